The molecule has 0 fully saturated rings. The van der Waals surface area contributed by atoms with Gasteiger partial charge in [-0.1, -0.05) is 33.2 Å². The molecule has 10 heteroatoms. The van der Waals surface area contributed by atoms with Gasteiger partial charge in [0.2, 0.25) is 0 Å². The smallest absolute Gasteiger partial charge is 0.279 e. The van der Waals surface area contributed by atoms with E-state index < -0.39 is 17.5 Å². The Morgan fingerprint density at radius 2 is 1.97 bits per heavy atom. The fraction of sp³-hybridized carbons (Fsp3) is 0.136. The summed E-state index contributed by atoms with van der Waals surface area (Å²) in [7, 11) is 0. The Labute approximate surface area is 190 Å². The van der Waals surface area contributed by atoms with Gasteiger partial charge in [0, 0.05) is 22.8 Å². The summed E-state index contributed by atoms with van der Waals surface area (Å²) in [6.45, 7) is 1.96. The summed E-state index contributed by atoms with van der Waals surface area (Å²) in [6, 6.07) is 12.5. The van der Waals surface area contributed by atoms with Crippen molar-refractivity contribution in [1.29, 1.82) is 0 Å². The molecular formula is C22H17BrF2N4O3. The maximum absolute atomic E-state index is 13.8. The molecule has 0 aliphatic heterocycles. The topological polar surface area (TPSA) is 82.2 Å². The highest BCUT2D eigenvalue weighted by molar-refractivity contribution is 9.10. The number of anilines is 1. The van der Waals surface area contributed by atoms with Gasteiger partial charge in [0.15, 0.2) is 23.1 Å². The zero-order valence-electron chi connectivity index (χ0n) is 16.8. The van der Waals surface area contributed by atoms with Crippen LogP contribution in [0.4, 0.5) is 14.6 Å². The molecule has 1 amide bonds. The molecular weight excluding hydrogens is 486 g/mol. The number of hydrogen-bond acceptors (Lipinski definition) is 5. The molecule has 0 spiro atoms. The average Bonchev–Trinajstić information content (AvgIpc) is 3.35. The monoisotopic (exact) mass is 502 g/mol. The average molecular weight is 503 g/mol. The van der Waals surface area contributed by atoms with Gasteiger partial charge in [-0.3, -0.25) is 9.48 Å². The lowest BCUT2D eigenvalue weighted by Crippen LogP contribution is -2.16. The van der Waals surface area contributed by atoms with Gasteiger partial charge in [0.05, 0.1) is 12.1 Å². The molecule has 4 rings (SSSR count). The van der Waals surface area contributed by atoms with E-state index >= 15 is 0 Å². The second-order valence-electron chi connectivity index (χ2n) is 6.91. The summed E-state index contributed by atoms with van der Waals surface area (Å²) in [5.74, 6) is -1.57. The van der Waals surface area contributed by atoms with Crippen LogP contribution in [0.15, 0.2) is 63.7 Å². The third-order valence-electron chi connectivity index (χ3n) is 4.61. The second kappa shape index (κ2) is 9.31. The lowest BCUT2D eigenvalue weighted by Gasteiger charge is -2.07. The predicted octanol–water partition coefficient (Wildman–Crippen LogP) is 5.10. The van der Waals surface area contributed by atoms with E-state index in [0.29, 0.717) is 29.8 Å². The first-order valence-corrected chi connectivity index (χ1v) is 10.3. The summed E-state index contributed by atoms with van der Waals surface area (Å²) in [5.41, 5.74) is 1.39. The molecule has 0 unspecified atom stereocenters. The van der Waals surface area contributed by atoms with Gasteiger partial charge in [0.1, 0.15) is 18.2 Å². The van der Waals surface area contributed by atoms with Crippen molar-refractivity contribution in [3.05, 3.63) is 93.4 Å². The normalized spacial score (nSPS) is 10.9. The first-order valence-electron chi connectivity index (χ1n) is 9.51. The van der Waals surface area contributed by atoms with Crippen LogP contribution in [0.25, 0.3) is 0 Å². The summed E-state index contributed by atoms with van der Waals surface area (Å²) in [6.07, 6.45) is 1.74. The summed E-state index contributed by atoms with van der Waals surface area (Å²) >= 11 is 3.40. The number of hydrogen-bond donors (Lipinski definition) is 1. The number of nitrogens with one attached hydrogen (secondary N) is 1. The van der Waals surface area contributed by atoms with E-state index in [-0.39, 0.29) is 18.1 Å². The fourth-order valence-corrected chi connectivity index (χ4v) is 3.21. The number of nitrogens with zero attached hydrogens (tertiary/aromatic N) is 3. The highest BCUT2D eigenvalue weighted by Crippen LogP contribution is 2.22. The van der Waals surface area contributed by atoms with Crippen molar-refractivity contribution < 1.29 is 22.8 Å². The van der Waals surface area contributed by atoms with Crippen molar-refractivity contribution in [2.75, 3.05) is 5.32 Å². The van der Waals surface area contributed by atoms with Gasteiger partial charge in [-0.2, -0.15) is 5.10 Å². The number of benzene rings is 2. The summed E-state index contributed by atoms with van der Waals surface area (Å²) < 4.78 is 40.0. The molecule has 0 saturated carbocycles. The minimum Gasteiger partial charge on any atom is -0.486 e. The maximum Gasteiger partial charge on any atom is 0.279 e. The number of rotatable bonds is 7. The Bertz CT molecular complexity index is 1250. The SMILES string of the molecule is Cc1onc(C(=O)Nc2ccn(Cc3ccc(Br)cc3)n2)c1COc1ccc(F)cc1F. The van der Waals surface area contributed by atoms with Crippen LogP contribution in [0.5, 0.6) is 5.75 Å². The molecule has 2 aromatic carbocycles. The van der Waals surface area contributed by atoms with Crippen LogP contribution in [0.3, 0.4) is 0 Å². The highest BCUT2D eigenvalue weighted by Gasteiger charge is 2.21. The van der Waals surface area contributed by atoms with Gasteiger partial charge in [-0.25, -0.2) is 8.78 Å². The van der Waals surface area contributed by atoms with Gasteiger partial charge < -0.3 is 14.6 Å². The molecule has 0 bridgehead atoms. The standard InChI is InChI=1S/C22H17BrF2N4O3/c1-13-17(12-31-19-7-6-16(24)10-18(19)25)21(28-32-13)22(30)26-20-8-9-29(27-20)11-14-2-4-15(23)5-3-14/h2-10H,11-12H2,1H3,(H,26,27,30). The molecule has 0 saturated heterocycles. The Kier molecular flexibility index (Phi) is 6.31. The fourth-order valence-electron chi connectivity index (χ4n) is 2.95. The van der Waals surface area contributed by atoms with Crippen LogP contribution >= 0.6 is 15.9 Å². The van der Waals surface area contributed by atoms with E-state index in [4.69, 9.17) is 9.26 Å². The largest absolute Gasteiger partial charge is 0.486 e. The number of carbonyl (C=O) groups excluding carboxylic acids is 1. The lowest BCUT2D eigenvalue weighted by atomic mass is 10.2. The molecule has 0 aliphatic carbocycles. The van der Waals surface area contributed by atoms with Crippen LogP contribution < -0.4 is 10.1 Å². The molecule has 0 aliphatic rings. The molecule has 2 heterocycles. The minimum absolute atomic E-state index is 0.00696. The number of halogens is 3. The zero-order valence-corrected chi connectivity index (χ0v) is 18.4. The van der Waals surface area contributed by atoms with E-state index in [0.717, 1.165) is 16.1 Å². The molecule has 1 N–H and O–H groups in total. The van der Waals surface area contributed by atoms with Crippen molar-refractivity contribution in [2.24, 2.45) is 0 Å². The van der Waals surface area contributed by atoms with Crippen LogP contribution in [0, 0.1) is 18.6 Å². The Balaban J connectivity index is 1.43. The quantitative estimate of drug-likeness (QED) is 0.380. The summed E-state index contributed by atoms with van der Waals surface area (Å²) in [4.78, 5) is 12.7. The Morgan fingerprint density at radius 3 is 2.72 bits per heavy atom. The third kappa shape index (κ3) is 5.02. The first-order chi connectivity index (χ1) is 15.4. The first kappa shape index (κ1) is 21.7. The lowest BCUT2D eigenvalue weighted by molar-refractivity contribution is 0.101. The third-order valence-corrected chi connectivity index (χ3v) is 5.13. The molecule has 7 nitrogen and oxygen atoms in total. The Morgan fingerprint density at radius 1 is 1.19 bits per heavy atom. The van der Waals surface area contributed by atoms with Gasteiger partial charge in [-0.05, 0) is 36.8 Å². The van der Waals surface area contributed by atoms with E-state index in [1.54, 1.807) is 23.9 Å². The highest BCUT2D eigenvalue weighted by atomic mass is 79.9. The zero-order chi connectivity index (χ0) is 22.7. The number of amides is 1. The molecule has 4 aromatic rings. The van der Waals surface area contributed by atoms with Crippen LogP contribution in [0.2, 0.25) is 0 Å². The van der Waals surface area contributed by atoms with Crippen molar-refractivity contribution in [1.82, 2.24) is 14.9 Å². The predicted molar refractivity (Wildman–Crippen MR) is 115 cm³/mol. The molecule has 164 valence electrons. The van der Waals surface area contributed by atoms with Crippen molar-refractivity contribution in [2.45, 2.75) is 20.1 Å². The molecule has 0 radical (unpaired) electrons. The number of aromatic nitrogens is 3. The second-order valence-corrected chi connectivity index (χ2v) is 7.82. The number of ether oxygens (including phenoxy) is 1. The van der Waals surface area contributed by atoms with Crippen LogP contribution in [0.1, 0.15) is 27.4 Å². The molecule has 32 heavy (non-hydrogen) atoms. The minimum atomic E-state index is -0.846. The van der Waals surface area contributed by atoms with E-state index in [1.165, 1.54) is 6.07 Å². The van der Waals surface area contributed by atoms with Gasteiger partial charge >= 0.3 is 0 Å². The number of aryl methyl sites for hydroxylation is 1. The molecule has 0 atom stereocenters. The Hall–Kier alpha value is -3.53. The van der Waals surface area contributed by atoms with Crippen LogP contribution in [-0.2, 0) is 13.2 Å². The number of carbonyl (C=O) groups is 1. The van der Waals surface area contributed by atoms with Crippen molar-refractivity contribution in [3.8, 4) is 5.75 Å². The van der Waals surface area contributed by atoms with E-state index in [1.807, 2.05) is 24.3 Å². The summed E-state index contributed by atoms with van der Waals surface area (Å²) in [5, 5.41) is 10.8. The van der Waals surface area contributed by atoms with Gasteiger partial charge in [-0.15, -0.1) is 0 Å². The molecule has 2 aromatic heterocycles. The maximum atomic E-state index is 13.8. The van der Waals surface area contributed by atoms with Crippen molar-refractivity contribution >= 4 is 27.7 Å². The van der Waals surface area contributed by atoms with E-state index in [9.17, 15) is 13.6 Å². The van der Waals surface area contributed by atoms with Crippen molar-refractivity contribution in [3.63, 3.8) is 0 Å². The van der Waals surface area contributed by atoms with Crippen LogP contribution in [-0.4, -0.2) is 20.8 Å². The van der Waals surface area contributed by atoms with Gasteiger partial charge in [0.25, 0.3) is 5.91 Å². The van der Waals surface area contributed by atoms with E-state index in [2.05, 4.69) is 31.5 Å².